The molecule has 0 aromatic heterocycles. The van der Waals surface area contributed by atoms with Gasteiger partial charge in [-0.2, -0.15) is 0 Å². The van der Waals surface area contributed by atoms with Crippen LogP contribution in [0, 0.1) is 0 Å². The van der Waals surface area contributed by atoms with E-state index in [-0.39, 0.29) is 5.91 Å². The predicted molar refractivity (Wildman–Crippen MR) is 80.2 cm³/mol. The van der Waals surface area contributed by atoms with Crippen LogP contribution in [0.25, 0.3) is 0 Å². The maximum atomic E-state index is 12.3. The second-order valence-corrected chi connectivity index (χ2v) is 4.24. The van der Waals surface area contributed by atoms with Crippen molar-refractivity contribution < 1.29 is 9.63 Å². The number of amides is 1. The van der Waals surface area contributed by atoms with E-state index in [1.807, 2.05) is 42.5 Å². The fraction of sp³-hybridized carbons (Fsp3) is 0.125. The first-order valence-corrected chi connectivity index (χ1v) is 6.22. The molecule has 2 aromatic carbocycles. The molecule has 0 radical (unpaired) electrons. The van der Waals surface area contributed by atoms with Gasteiger partial charge in [-0.15, -0.1) is 0 Å². The van der Waals surface area contributed by atoms with Gasteiger partial charge in [-0.25, -0.2) is 0 Å². The Kier molecular flexibility index (Phi) is 4.50. The van der Waals surface area contributed by atoms with E-state index in [0.29, 0.717) is 5.56 Å². The second kappa shape index (κ2) is 6.52. The first kappa shape index (κ1) is 13.8. The predicted octanol–water partition coefficient (Wildman–Crippen LogP) is 2.94. The quantitative estimate of drug-likeness (QED) is 0.632. The smallest absolute Gasteiger partial charge is 0.258 e. The average Bonchev–Trinajstić information content (AvgIpc) is 2.53. The number of oxime groups is 1. The van der Waals surface area contributed by atoms with Gasteiger partial charge < -0.3 is 9.74 Å². The van der Waals surface area contributed by atoms with E-state index in [9.17, 15) is 4.79 Å². The molecular formula is C16H16N2O2. The molecule has 0 aliphatic rings. The number of benzene rings is 2. The van der Waals surface area contributed by atoms with E-state index in [4.69, 9.17) is 0 Å². The third-order valence-electron chi connectivity index (χ3n) is 2.91. The molecule has 0 atom stereocenters. The van der Waals surface area contributed by atoms with Gasteiger partial charge in [0.1, 0.15) is 7.11 Å². The topological polar surface area (TPSA) is 41.9 Å². The number of para-hydroxylation sites is 1. The molecular weight excluding hydrogens is 252 g/mol. The Morgan fingerprint density at radius 2 is 1.75 bits per heavy atom. The van der Waals surface area contributed by atoms with E-state index in [2.05, 4.69) is 9.99 Å². The fourth-order valence-electron chi connectivity index (χ4n) is 1.79. The zero-order chi connectivity index (χ0) is 14.4. The molecule has 102 valence electrons. The molecule has 4 nitrogen and oxygen atoms in total. The summed E-state index contributed by atoms with van der Waals surface area (Å²) >= 11 is 0. The number of nitrogens with zero attached hydrogens (tertiary/aromatic N) is 2. The van der Waals surface area contributed by atoms with Crippen molar-refractivity contribution in [3.8, 4) is 0 Å². The van der Waals surface area contributed by atoms with E-state index in [1.165, 1.54) is 7.11 Å². The van der Waals surface area contributed by atoms with Crippen molar-refractivity contribution in [2.24, 2.45) is 5.16 Å². The zero-order valence-electron chi connectivity index (χ0n) is 11.5. The first-order chi connectivity index (χ1) is 9.72. The second-order valence-electron chi connectivity index (χ2n) is 4.24. The summed E-state index contributed by atoms with van der Waals surface area (Å²) in [6, 6.07) is 16.7. The Bertz CT molecular complexity index is 592. The van der Waals surface area contributed by atoms with E-state index >= 15 is 0 Å². The van der Waals surface area contributed by atoms with Gasteiger partial charge in [0.15, 0.2) is 0 Å². The lowest BCUT2D eigenvalue weighted by Crippen LogP contribution is -2.26. The molecule has 0 saturated carbocycles. The molecule has 2 aromatic rings. The lowest BCUT2D eigenvalue weighted by atomic mass is 10.1. The van der Waals surface area contributed by atoms with Crippen LogP contribution in [0.3, 0.4) is 0 Å². The van der Waals surface area contributed by atoms with Crippen LogP contribution in [0.2, 0.25) is 0 Å². The Morgan fingerprint density at radius 3 is 2.35 bits per heavy atom. The summed E-state index contributed by atoms with van der Waals surface area (Å²) < 4.78 is 0. The molecule has 0 N–H and O–H groups in total. The summed E-state index contributed by atoms with van der Waals surface area (Å²) in [6.45, 7) is 0. The van der Waals surface area contributed by atoms with Gasteiger partial charge in [0.25, 0.3) is 5.91 Å². The average molecular weight is 268 g/mol. The molecule has 0 aliphatic heterocycles. The summed E-state index contributed by atoms with van der Waals surface area (Å²) in [4.78, 5) is 18.6. The maximum Gasteiger partial charge on any atom is 0.258 e. The van der Waals surface area contributed by atoms with Gasteiger partial charge in [0.2, 0.25) is 0 Å². The monoisotopic (exact) mass is 268 g/mol. The summed E-state index contributed by atoms with van der Waals surface area (Å²) in [5.74, 6) is -0.0496. The molecule has 20 heavy (non-hydrogen) atoms. The summed E-state index contributed by atoms with van der Waals surface area (Å²) in [5.41, 5.74) is 2.37. The minimum Gasteiger partial charge on any atom is -0.399 e. The van der Waals surface area contributed by atoms with Gasteiger partial charge in [-0.1, -0.05) is 35.5 Å². The standard InChI is InChI=1S/C16H16N2O2/c1-18(15-6-4-3-5-7-15)16(19)14-10-8-13(9-11-14)12-17-20-2/h3-12H,1-2H3/b17-12+. The first-order valence-electron chi connectivity index (χ1n) is 6.22. The van der Waals surface area contributed by atoms with Gasteiger partial charge in [-0.05, 0) is 29.8 Å². The molecule has 0 aliphatic carbocycles. The van der Waals surface area contributed by atoms with Gasteiger partial charge >= 0.3 is 0 Å². The highest BCUT2D eigenvalue weighted by molar-refractivity contribution is 6.05. The number of anilines is 1. The molecule has 0 spiro atoms. The highest BCUT2D eigenvalue weighted by atomic mass is 16.6. The fourth-order valence-corrected chi connectivity index (χ4v) is 1.79. The van der Waals surface area contributed by atoms with Gasteiger partial charge in [0, 0.05) is 18.3 Å². The molecule has 2 rings (SSSR count). The Hall–Kier alpha value is -2.62. The summed E-state index contributed by atoms with van der Waals surface area (Å²) in [5, 5.41) is 3.68. The van der Waals surface area contributed by atoms with Gasteiger partial charge in [0.05, 0.1) is 6.21 Å². The van der Waals surface area contributed by atoms with Crippen LogP contribution in [-0.2, 0) is 4.84 Å². The maximum absolute atomic E-state index is 12.3. The highest BCUT2D eigenvalue weighted by Gasteiger charge is 2.12. The van der Waals surface area contributed by atoms with Crippen molar-refractivity contribution >= 4 is 17.8 Å². The van der Waals surface area contributed by atoms with E-state index < -0.39 is 0 Å². The van der Waals surface area contributed by atoms with Gasteiger partial charge in [-0.3, -0.25) is 4.79 Å². The van der Waals surface area contributed by atoms with Crippen LogP contribution in [0.4, 0.5) is 5.69 Å². The molecule has 0 unspecified atom stereocenters. The molecule has 0 saturated heterocycles. The molecule has 0 fully saturated rings. The van der Waals surface area contributed by atoms with Crippen LogP contribution < -0.4 is 4.90 Å². The lowest BCUT2D eigenvalue weighted by molar-refractivity contribution is 0.0993. The van der Waals surface area contributed by atoms with Crippen LogP contribution in [0.15, 0.2) is 59.8 Å². The normalized spacial score (nSPS) is 10.5. The SMILES string of the molecule is CO/N=C/c1ccc(C(=O)N(C)c2ccccc2)cc1. The van der Waals surface area contributed by atoms with Crippen LogP contribution in [-0.4, -0.2) is 26.3 Å². The Labute approximate surface area is 118 Å². The minimum atomic E-state index is -0.0496. The Balaban J connectivity index is 2.15. The van der Waals surface area contributed by atoms with Crippen LogP contribution in [0.1, 0.15) is 15.9 Å². The van der Waals surface area contributed by atoms with Crippen LogP contribution >= 0.6 is 0 Å². The molecule has 0 heterocycles. The minimum absolute atomic E-state index is 0.0496. The van der Waals surface area contributed by atoms with Crippen molar-refractivity contribution in [2.75, 3.05) is 19.1 Å². The van der Waals surface area contributed by atoms with Crippen molar-refractivity contribution in [3.05, 3.63) is 65.7 Å². The number of hydrogen-bond acceptors (Lipinski definition) is 3. The third kappa shape index (κ3) is 3.23. The third-order valence-corrected chi connectivity index (χ3v) is 2.91. The number of carbonyl (C=O) groups is 1. The van der Waals surface area contributed by atoms with Crippen molar-refractivity contribution in [1.29, 1.82) is 0 Å². The zero-order valence-corrected chi connectivity index (χ0v) is 11.5. The number of hydrogen-bond donors (Lipinski definition) is 0. The van der Waals surface area contributed by atoms with Crippen molar-refractivity contribution in [2.45, 2.75) is 0 Å². The molecule has 4 heteroatoms. The Morgan fingerprint density at radius 1 is 1.10 bits per heavy atom. The summed E-state index contributed by atoms with van der Waals surface area (Å²) in [6.07, 6.45) is 1.59. The molecule has 0 bridgehead atoms. The lowest BCUT2D eigenvalue weighted by Gasteiger charge is -2.17. The van der Waals surface area contributed by atoms with E-state index in [0.717, 1.165) is 11.3 Å². The summed E-state index contributed by atoms with van der Waals surface area (Å²) in [7, 11) is 3.25. The highest BCUT2D eigenvalue weighted by Crippen LogP contribution is 2.15. The largest absolute Gasteiger partial charge is 0.399 e. The number of carbonyl (C=O) groups excluding carboxylic acids is 1. The van der Waals surface area contributed by atoms with Crippen LogP contribution in [0.5, 0.6) is 0 Å². The number of rotatable bonds is 4. The molecule has 1 amide bonds. The van der Waals surface area contributed by atoms with Crippen molar-refractivity contribution in [3.63, 3.8) is 0 Å². The van der Waals surface area contributed by atoms with E-state index in [1.54, 1.807) is 30.3 Å². The van der Waals surface area contributed by atoms with Crippen molar-refractivity contribution in [1.82, 2.24) is 0 Å².